The van der Waals surface area contributed by atoms with E-state index < -0.39 is 0 Å². The number of aliphatic imine (C=N–C) groups is 1. The quantitative estimate of drug-likeness (QED) is 0.137. The number of amides is 1. The highest BCUT2D eigenvalue weighted by atomic mass is 127. The molecule has 9 heteroatoms. The minimum atomic E-state index is -0.0235. The molecule has 0 spiro atoms. The fourth-order valence-corrected chi connectivity index (χ4v) is 3.48. The minimum Gasteiger partial charge on any atom is -0.379 e. The van der Waals surface area contributed by atoms with E-state index in [4.69, 9.17) is 9.47 Å². The van der Waals surface area contributed by atoms with E-state index in [1.807, 2.05) is 18.2 Å². The Morgan fingerprint density at radius 2 is 2.03 bits per heavy atom. The van der Waals surface area contributed by atoms with Gasteiger partial charge in [0, 0.05) is 51.0 Å². The van der Waals surface area contributed by atoms with Crippen LogP contribution < -0.4 is 10.6 Å². The van der Waals surface area contributed by atoms with Crippen LogP contribution in [-0.4, -0.2) is 82.2 Å². The predicted octanol–water partition coefficient (Wildman–Crippen LogP) is 2.61. The summed E-state index contributed by atoms with van der Waals surface area (Å²) in [6.45, 7) is 3.84. The van der Waals surface area contributed by atoms with E-state index in [1.165, 1.54) is 4.90 Å². The van der Waals surface area contributed by atoms with E-state index in [0.717, 1.165) is 44.7 Å². The number of hydrogen-bond donors (Lipinski definition) is 2. The summed E-state index contributed by atoms with van der Waals surface area (Å²) in [5.41, 5.74) is 0. The molecule has 170 valence electrons. The number of nitrogens with zero attached hydrogens (tertiary/aromatic N) is 2. The van der Waals surface area contributed by atoms with Crippen LogP contribution in [0.4, 0.5) is 0 Å². The zero-order valence-corrected chi connectivity index (χ0v) is 21.1. The minimum absolute atomic E-state index is 0. The monoisotopic (exact) mass is 550 g/mol. The summed E-state index contributed by atoms with van der Waals surface area (Å²) < 4.78 is 11.2. The standard InChI is InChI=1S/C21H34N4O3S.HI/c1-25(2)20(26)16-24-21(23-12-15-29-19-9-4-3-5-10-19)22-11-7-13-27-17-18-8-6-14-28-18;/h3-5,9-10,18H,6-8,11-17H2,1-2H3,(H2,22,23,24);1H. The lowest BCUT2D eigenvalue weighted by molar-refractivity contribution is -0.127. The first-order valence-electron chi connectivity index (χ1n) is 10.2. The van der Waals surface area contributed by atoms with Crippen molar-refractivity contribution in [1.29, 1.82) is 0 Å². The van der Waals surface area contributed by atoms with Gasteiger partial charge in [0.15, 0.2) is 5.96 Å². The summed E-state index contributed by atoms with van der Waals surface area (Å²) in [6.07, 6.45) is 3.36. The normalized spacial score (nSPS) is 16.1. The zero-order valence-electron chi connectivity index (χ0n) is 18.0. The van der Waals surface area contributed by atoms with Gasteiger partial charge in [0.2, 0.25) is 5.91 Å². The van der Waals surface area contributed by atoms with Crippen LogP contribution >= 0.6 is 35.7 Å². The molecule has 1 aromatic carbocycles. The molecule has 2 rings (SSSR count). The number of benzene rings is 1. The maximum Gasteiger partial charge on any atom is 0.243 e. The smallest absolute Gasteiger partial charge is 0.243 e. The number of carbonyl (C=O) groups excluding carboxylic acids is 1. The van der Waals surface area contributed by atoms with Crippen molar-refractivity contribution in [3.05, 3.63) is 30.3 Å². The second-order valence-electron chi connectivity index (χ2n) is 7.03. The van der Waals surface area contributed by atoms with E-state index in [2.05, 4.69) is 27.8 Å². The van der Waals surface area contributed by atoms with Crippen molar-refractivity contribution in [2.75, 3.05) is 59.3 Å². The first kappa shape index (κ1) is 27.0. The van der Waals surface area contributed by atoms with E-state index in [-0.39, 0.29) is 42.5 Å². The van der Waals surface area contributed by atoms with Crippen molar-refractivity contribution in [2.24, 2.45) is 4.99 Å². The molecule has 7 nitrogen and oxygen atoms in total. The molecule has 0 saturated carbocycles. The van der Waals surface area contributed by atoms with Gasteiger partial charge in [-0.2, -0.15) is 0 Å². The second kappa shape index (κ2) is 16.6. The van der Waals surface area contributed by atoms with Crippen LogP contribution in [0.15, 0.2) is 40.2 Å². The summed E-state index contributed by atoms with van der Waals surface area (Å²) in [5.74, 6) is 1.55. The Balaban J connectivity index is 0.00000450. The lowest BCUT2D eigenvalue weighted by Gasteiger charge is -2.14. The Hall–Kier alpha value is -1.04. The van der Waals surface area contributed by atoms with Gasteiger partial charge in [-0.3, -0.25) is 4.79 Å². The molecule has 2 N–H and O–H groups in total. The van der Waals surface area contributed by atoms with Gasteiger partial charge in [-0.25, -0.2) is 4.99 Å². The summed E-state index contributed by atoms with van der Waals surface area (Å²) >= 11 is 1.79. The summed E-state index contributed by atoms with van der Waals surface area (Å²) in [5, 5.41) is 6.60. The highest BCUT2D eigenvalue weighted by Crippen LogP contribution is 2.15. The Labute approximate surface area is 201 Å². The average molecular weight is 551 g/mol. The van der Waals surface area contributed by atoms with Crippen LogP contribution in [0.1, 0.15) is 19.3 Å². The second-order valence-corrected chi connectivity index (χ2v) is 8.20. The highest BCUT2D eigenvalue weighted by molar-refractivity contribution is 14.0. The first-order valence-corrected chi connectivity index (χ1v) is 11.2. The van der Waals surface area contributed by atoms with Crippen molar-refractivity contribution < 1.29 is 14.3 Å². The predicted molar refractivity (Wildman–Crippen MR) is 134 cm³/mol. The summed E-state index contributed by atoms with van der Waals surface area (Å²) in [7, 11) is 3.47. The van der Waals surface area contributed by atoms with Gasteiger partial charge < -0.3 is 25.0 Å². The van der Waals surface area contributed by atoms with Gasteiger partial charge in [-0.15, -0.1) is 35.7 Å². The number of rotatable bonds is 12. The highest BCUT2D eigenvalue weighted by Gasteiger charge is 2.14. The SMILES string of the molecule is CN(C)C(=O)CN=C(NCCCOCC1CCCO1)NCCSc1ccccc1.I. The largest absolute Gasteiger partial charge is 0.379 e. The molecule has 0 bridgehead atoms. The molecule has 1 saturated heterocycles. The number of carbonyl (C=O) groups is 1. The third-order valence-electron chi connectivity index (χ3n) is 4.36. The fraction of sp³-hybridized carbons (Fsp3) is 0.619. The molecule has 0 aromatic heterocycles. The Morgan fingerprint density at radius 1 is 1.27 bits per heavy atom. The average Bonchev–Trinajstić information content (AvgIpc) is 3.25. The molecular weight excluding hydrogens is 515 g/mol. The van der Waals surface area contributed by atoms with Gasteiger partial charge in [0.1, 0.15) is 6.54 Å². The van der Waals surface area contributed by atoms with Crippen molar-refractivity contribution in [3.63, 3.8) is 0 Å². The maximum absolute atomic E-state index is 11.8. The van der Waals surface area contributed by atoms with Crippen molar-refractivity contribution in [2.45, 2.75) is 30.3 Å². The van der Waals surface area contributed by atoms with Gasteiger partial charge in [-0.05, 0) is 31.4 Å². The van der Waals surface area contributed by atoms with E-state index in [1.54, 1.807) is 30.8 Å². The fourth-order valence-electron chi connectivity index (χ4n) is 2.69. The third kappa shape index (κ3) is 12.0. The van der Waals surface area contributed by atoms with Gasteiger partial charge in [0.05, 0.1) is 12.7 Å². The van der Waals surface area contributed by atoms with Crippen LogP contribution in [0.2, 0.25) is 0 Å². The molecule has 1 amide bonds. The number of thioether (sulfide) groups is 1. The molecule has 1 unspecified atom stereocenters. The molecule has 1 fully saturated rings. The lowest BCUT2D eigenvalue weighted by Crippen LogP contribution is -2.40. The van der Waals surface area contributed by atoms with Crippen LogP contribution in [-0.2, 0) is 14.3 Å². The van der Waals surface area contributed by atoms with E-state index in [9.17, 15) is 4.79 Å². The number of nitrogens with one attached hydrogen (secondary N) is 2. The summed E-state index contributed by atoms with van der Waals surface area (Å²) in [4.78, 5) is 19.0. The summed E-state index contributed by atoms with van der Waals surface area (Å²) in [6, 6.07) is 10.3. The number of guanidine groups is 1. The van der Waals surface area contributed by atoms with E-state index in [0.29, 0.717) is 19.2 Å². The molecule has 1 aliphatic rings. The molecule has 1 aliphatic heterocycles. The molecule has 0 radical (unpaired) electrons. The van der Waals surface area contributed by atoms with E-state index >= 15 is 0 Å². The number of hydrogen-bond acceptors (Lipinski definition) is 5. The van der Waals surface area contributed by atoms with Gasteiger partial charge in [0.25, 0.3) is 0 Å². The molecule has 1 heterocycles. The lowest BCUT2D eigenvalue weighted by atomic mass is 10.2. The van der Waals surface area contributed by atoms with Crippen LogP contribution in [0.3, 0.4) is 0 Å². The molecule has 1 aromatic rings. The van der Waals surface area contributed by atoms with Gasteiger partial charge in [-0.1, -0.05) is 18.2 Å². The Bertz CT molecular complexity index is 614. The topological polar surface area (TPSA) is 75.2 Å². The van der Waals surface area contributed by atoms with Crippen molar-refractivity contribution in [1.82, 2.24) is 15.5 Å². The van der Waals surface area contributed by atoms with Crippen molar-refractivity contribution in [3.8, 4) is 0 Å². The Morgan fingerprint density at radius 3 is 2.73 bits per heavy atom. The number of likely N-dealkylation sites (N-methyl/N-ethyl adjacent to an activating group) is 1. The van der Waals surface area contributed by atoms with Crippen LogP contribution in [0.25, 0.3) is 0 Å². The zero-order chi connectivity index (χ0) is 20.7. The van der Waals surface area contributed by atoms with Crippen molar-refractivity contribution >= 4 is 47.6 Å². The maximum atomic E-state index is 11.8. The first-order chi connectivity index (χ1) is 14.1. The number of ether oxygens (including phenoxy) is 2. The molecule has 30 heavy (non-hydrogen) atoms. The molecule has 0 aliphatic carbocycles. The third-order valence-corrected chi connectivity index (χ3v) is 5.38. The molecular formula is C21H35IN4O3S. The number of halogens is 1. The van der Waals surface area contributed by atoms with Crippen LogP contribution in [0, 0.1) is 0 Å². The van der Waals surface area contributed by atoms with Gasteiger partial charge >= 0.3 is 0 Å². The van der Waals surface area contributed by atoms with Crippen LogP contribution in [0.5, 0.6) is 0 Å². The Kier molecular flexibility index (Phi) is 15.0. The molecule has 1 atom stereocenters.